The second-order valence-corrected chi connectivity index (χ2v) is 0.408. The summed E-state index contributed by atoms with van der Waals surface area (Å²) in [4.78, 5) is 0. The average Bonchev–Trinajstić information content (AvgIpc) is 1.39. The second kappa shape index (κ2) is 56.7. The molecule has 0 spiro atoms. The maximum atomic E-state index is 8.29. The molecule has 8 heavy (non-hydrogen) atoms. The van der Waals surface area contributed by atoms with Gasteiger partial charge in [-0.05, 0) is 0 Å². The summed E-state index contributed by atoms with van der Waals surface area (Å²) >= 11 is -1.50. The molecule has 8 heteroatoms. The van der Waals surface area contributed by atoms with Gasteiger partial charge >= 0.3 is 23.1 Å². The third-order valence-electron chi connectivity index (χ3n) is 0. The van der Waals surface area contributed by atoms with Crippen LogP contribution in [0.4, 0.5) is 0 Å². The van der Waals surface area contributed by atoms with Crippen LogP contribution in [0.25, 0.3) is 0 Å². The van der Waals surface area contributed by atoms with Gasteiger partial charge < -0.3 is 0 Å². The highest BCUT2D eigenvalue weighted by atomic mass is 35.5. The molecule has 4 nitrogen and oxygen atoms in total. The average molecular weight is 201 g/mol. The van der Waals surface area contributed by atoms with E-state index in [-0.39, 0.29) is 24.8 Å². The van der Waals surface area contributed by atoms with E-state index in [2.05, 4.69) is 0 Å². The maximum Gasteiger partial charge on any atom is 0.335 e. The first-order chi connectivity index (χ1) is 2.83. The molecule has 0 aliphatic carbocycles. The van der Waals surface area contributed by atoms with E-state index in [0.717, 1.165) is 0 Å². The SMILES string of the molecule is Cl.Cl.O=S=O.O=S=O. The lowest BCUT2D eigenvalue weighted by molar-refractivity contribution is 0.628. The molecule has 0 aromatic rings. The molecule has 0 amide bonds. The van der Waals surface area contributed by atoms with Gasteiger partial charge in [0.1, 0.15) is 0 Å². The number of hydrogen-bond donors (Lipinski definition) is 0. The van der Waals surface area contributed by atoms with E-state index in [0.29, 0.717) is 0 Å². The summed E-state index contributed by atoms with van der Waals surface area (Å²) in [6, 6.07) is 0. The Labute approximate surface area is 65.1 Å². The van der Waals surface area contributed by atoms with Gasteiger partial charge in [-0.25, -0.2) is 0 Å². The van der Waals surface area contributed by atoms with Crippen molar-refractivity contribution in [1.29, 1.82) is 0 Å². The van der Waals surface area contributed by atoms with Gasteiger partial charge in [0.05, 0.1) is 0 Å². The highest BCUT2D eigenvalue weighted by Crippen LogP contribution is 0.849. The minimum atomic E-state index is -0.750. The van der Waals surface area contributed by atoms with Crippen molar-refractivity contribution in [3.8, 4) is 0 Å². The Bertz CT molecular complexity index is 66.0. The normalized spacial score (nSPS) is 3.00. The van der Waals surface area contributed by atoms with Crippen LogP contribution in [0.5, 0.6) is 0 Å². The summed E-state index contributed by atoms with van der Waals surface area (Å²) in [6.45, 7) is 0. The Balaban J connectivity index is -0.0000000160. The molecule has 0 aliphatic heterocycles. The molecule has 0 radical (unpaired) electrons. The van der Waals surface area contributed by atoms with Crippen molar-refractivity contribution in [3.63, 3.8) is 0 Å². The highest BCUT2D eigenvalue weighted by Gasteiger charge is 1.12. The molecule has 0 aromatic carbocycles. The first-order valence-corrected chi connectivity index (χ1v) is 2.00. The lowest BCUT2D eigenvalue weighted by Crippen LogP contribution is -1.18. The second-order valence-electron chi connectivity index (χ2n) is 0.136. The molecule has 0 atom stereocenters. The van der Waals surface area contributed by atoms with Crippen LogP contribution in [0.15, 0.2) is 0 Å². The quantitative estimate of drug-likeness (QED) is 0.530. The van der Waals surface area contributed by atoms with Crippen LogP contribution in [-0.2, 0) is 23.1 Å². The van der Waals surface area contributed by atoms with Gasteiger partial charge in [-0.3, -0.25) is 0 Å². The van der Waals surface area contributed by atoms with Crippen LogP contribution in [0.1, 0.15) is 0 Å². The van der Waals surface area contributed by atoms with Crippen LogP contribution in [-0.4, -0.2) is 16.8 Å². The fourth-order valence-electron chi connectivity index (χ4n) is 0. The van der Waals surface area contributed by atoms with Crippen molar-refractivity contribution in [2.75, 3.05) is 0 Å². The maximum absolute atomic E-state index is 8.29. The Kier molecular flexibility index (Phi) is 170. The molecule has 0 saturated carbocycles. The van der Waals surface area contributed by atoms with Crippen molar-refractivity contribution in [1.82, 2.24) is 0 Å². The smallest absolute Gasteiger partial charge is 0.168 e. The van der Waals surface area contributed by atoms with Crippen molar-refractivity contribution in [2.45, 2.75) is 0 Å². The van der Waals surface area contributed by atoms with Crippen LogP contribution >= 0.6 is 24.8 Å². The van der Waals surface area contributed by atoms with Crippen LogP contribution < -0.4 is 0 Å². The van der Waals surface area contributed by atoms with E-state index in [1.807, 2.05) is 0 Å². The molecule has 0 fully saturated rings. The molecule has 52 valence electrons. The lowest BCUT2D eigenvalue weighted by Gasteiger charge is -0.947. The first-order valence-electron chi connectivity index (χ1n) is 0.667. The minimum Gasteiger partial charge on any atom is -0.168 e. The molecule has 0 saturated heterocycles. The molecule has 0 N–H and O–H groups in total. The Morgan fingerprint density at radius 2 is 0.625 bits per heavy atom. The molecule has 0 unspecified atom stereocenters. The Morgan fingerprint density at radius 3 is 0.625 bits per heavy atom. The number of halogens is 2. The molecule has 0 heterocycles. The summed E-state index contributed by atoms with van der Waals surface area (Å²) in [5.41, 5.74) is 0. The molecule has 0 bridgehead atoms. The van der Waals surface area contributed by atoms with E-state index in [1.165, 1.54) is 0 Å². The predicted molar refractivity (Wildman–Crippen MR) is 32.3 cm³/mol. The van der Waals surface area contributed by atoms with E-state index in [1.54, 1.807) is 0 Å². The van der Waals surface area contributed by atoms with Gasteiger partial charge in [-0.2, -0.15) is 16.8 Å². The standard InChI is InChI=1S/2ClH.2O2S/c;;2*1-3-2/h2*1H;;. The van der Waals surface area contributed by atoms with Crippen LogP contribution in [0.2, 0.25) is 0 Å². The first kappa shape index (κ1) is 24.1. The van der Waals surface area contributed by atoms with Crippen molar-refractivity contribution in [3.05, 3.63) is 0 Å². The molecule has 0 aromatic heterocycles. The van der Waals surface area contributed by atoms with E-state index >= 15 is 0 Å². The van der Waals surface area contributed by atoms with Crippen LogP contribution in [0.3, 0.4) is 0 Å². The van der Waals surface area contributed by atoms with Crippen molar-refractivity contribution in [2.24, 2.45) is 0 Å². The Morgan fingerprint density at radius 1 is 0.625 bits per heavy atom. The van der Waals surface area contributed by atoms with Gasteiger partial charge in [0, 0.05) is 0 Å². The number of rotatable bonds is 0. The number of hydrogen-bond acceptors (Lipinski definition) is 4. The van der Waals surface area contributed by atoms with E-state index in [9.17, 15) is 0 Å². The van der Waals surface area contributed by atoms with Gasteiger partial charge in [-0.15, -0.1) is 24.8 Å². The van der Waals surface area contributed by atoms with Crippen LogP contribution in [0, 0.1) is 0 Å². The van der Waals surface area contributed by atoms with E-state index < -0.39 is 23.1 Å². The molecule has 0 aliphatic rings. The van der Waals surface area contributed by atoms with Crippen molar-refractivity contribution >= 4 is 48.0 Å². The topological polar surface area (TPSA) is 68.3 Å². The van der Waals surface area contributed by atoms with Gasteiger partial charge in [0.15, 0.2) is 0 Å². The molecule has 0 rings (SSSR count). The van der Waals surface area contributed by atoms with Crippen molar-refractivity contribution < 1.29 is 16.8 Å². The third-order valence-corrected chi connectivity index (χ3v) is 0. The lowest BCUT2D eigenvalue weighted by atomic mass is 15.9. The monoisotopic (exact) mass is 200 g/mol. The van der Waals surface area contributed by atoms with E-state index in [4.69, 9.17) is 16.8 Å². The zero-order valence-corrected chi connectivity index (χ0v) is 6.53. The largest absolute Gasteiger partial charge is 0.335 e. The molecular formula is H2Cl2O4S2. The van der Waals surface area contributed by atoms with Gasteiger partial charge in [-0.1, -0.05) is 0 Å². The highest BCUT2D eigenvalue weighted by molar-refractivity contribution is 7.51. The predicted octanol–water partition coefficient (Wildman–Crippen LogP) is -0.497. The Hall–Kier alpha value is 0.220. The zero-order valence-electron chi connectivity index (χ0n) is 3.27. The fourth-order valence-corrected chi connectivity index (χ4v) is 0. The summed E-state index contributed by atoms with van der Waals surface area (Å²) in [7, 11) is 0. The summed E-state index contributed by atoms with van der Waals surface area (Å²) in [6.07, 6.45) is 0. The van der Waals surface area contributed by atoms with Gasteiger partial charge in [0.25, 0.3) is 0 Å². The molecular weight excluding hydrogens is 199 g/mol. The zero-order chi connectivity index (χ0) is 5.41. The summed E-state index contributed by atoms with van der Waals surface area (Å²) < 4.78 is 33.2. The minimum absolute atomic E-state index is 0. The van der Waals surface area contributed by atoms with Gasteiger partial charge in [0.2, 0.25) is 0 Å². The summed E-state index contributed by atoms with van der Waals surface area (Å²) in [5.74, 6) is 0. The summed E-state index contributed by atoms with van der Waals surface area (Å²) in [5, 5.41) is 0. The third kappa shape index (κ3) is 3500. The fraction of sp³-hybridized carbons (Fsp3) is 0.